The number of pyridine rings is 1. The van der Waals surface area contributed by atoms with Crippen LogP contribution in [0.25, 0.3) is 21.9 Å². The Kier molecular flexibility index (Phi) is 6.62. The van der Waals surface area contributed by atoms with Crippen molar-refractivity contribution in [3.8, 4) is 5.75 Å². The van der Waals surface area contributed by atoms with E-state index in [2.05, 4.69) is 25.9 Å². The van der Waals surface area contributed by atoms with Crippen molar-refractivity contribution in [1.82, 2.24) is 30.5 Å². The van der Waals surface area contributed by atoms with Crippen LogP contribution in [0.5, 0.6) is 5.75 Å². The van der Waals surface area contributed by atoms with Crippen LogP contribution in [0.15, 0.2) is 48.5 Å². The molecule has 0 aliphatic heterocycles. The molecule has 6 N–H and O–H groups in total. The van der Waals surface area contributed by atoms with E-state index in [0.717, 1.165) is 10.9 Å². The fraction of sp³-hybridized carbons (Fsp3) is 0.217. The lowest BCUT2D eigenvalue weighted by Gasteiger charge is -2.12. The number of hydrogen-bond donors (Lipinski definition) is 5. The van der Waals surface area contributed by atoms with E-state index in [9.17, 15) is 9.59 Å². The van der Waals surface area contributed by atoms with Crippen molar-refractivity contribution >= 4 is 39.9 Å². The lowest BCUT2D eigenvalue weighted by atomic mass is 10.1. The summed E-state index contributed by atoms with van der Waals surface area (Å²) in [5.41, 5.74) is 9.09. The lowest BCUT2D eigenvalue weighted by molar-refractivity contribution is 0.194. The number of imidazole rings is 1. The zero-order chi connectivity index (χ0) is 24.1. The number of benzene rings is 2. The molecule has 11 heteroatoms. The normalized spacial score (nSPS) is 10.9. The molecule has 0 aliphatic carbocycles. The third-order valence-corrected chi connectivity index (χ3v) is 5.25. The van der Waals surface area contributed by atoms with Gasteiger partial charge in [-0.05, 0) is 17.7 Å². The van der Waals surface area contributed by atoms with E-state index in [1.165, 1.54) is 7.05 Å². The molecule has 0 radical (unpaired) electrons. The summed E-state index contributed by atoms with van der Waals surface area (Å²) in [6, 6.07) is 15.0. The molecule has 2 aromatic carbocycles. The molecule has 3 amide bonds. The number of nitrogen functional groups attached to an aromatic ring is 1. The molecule has 0 bridgehead atoms. The van der Waals surface area contributed by atoms with E-state index in [1.807, 2.05) is 53.1 Å². The van der Waals surface area contributed by atoms with Crippen molar-refractivity contribution in [2.45, 2.75) is 19.7 Å². The summed E-state index contributed by atoms with van der Waals surface area (Å²) in [7, 11) is 1.52. The Morgan fingerprint density at radius 1 is 1.12 bits per heavy atom. The molecule has 0 unspecified atom stereocenters. The van der Waals surface area contributed by atoms with Gasteiger partial charge in [0.1, 0.15) is 23.7 Å². The Morgan fingerprint density at radius 3 is 2.65 bits per heavy atom. The molecule has 4 aromatic rings. The monoisotopic (exact) mass is 463 g/mol. The SMILES string of the molecule is CNC(=O)NCc1nc2c(N)nc3cc(OCc4ccccc4)ccc3c2n1CCNC(=O)O. The van der Waals surface area contributed by atoms with E-state index in [1.54, 1.807) is 0 Å². The molecular formula is C23H25N7O4. The van der Waals surface area contributed by atoms with Crippen LogP contribution in [0.3, 0.4) is 0 Å². The van der Waals surface area contributed by atoms with Crippen LogP contribution in [0.2, 0.25) is 0 Å². The molecule has 11 nitrogen and oxygen atoms in total. The third-order valence-electron chi connectivity index (χ3n) is 5.25. The number of aromatic nitrogens is 3. The number of carbonyl (C=O) groups is 2. The summed E-state index contributed by atoms with van der Waals surface area (Å²) < 4.78 is 7.76. The number of ether oxygens (including phenoxy) is 1. The first-order chi connectivity index (χ1) is 16.5. The van der Waals surface area contributed by atoms with Gasteiger partial charge in [0.15, 0.2) is 5.82 Å². The molecule has 176 valence electrons. The highest BCUT2D eigenvalue weighted by molar-refractivity contribution is 6.07. The number of nitrogens with zero attached hydrogens (tertiary/aromatic N) is 3. The van der Waals surface area contributed by atoms with Gasteiger partial charge in [0.2, 0.25) is 0 Å². The summed E-state index contributed by atoms with van der Waals surface area (Å²) in [5, 5.41) is 17.3. The standard InChI is InChI=1S/C23H25N7O4/c1-25-22(31)27-12-18-29-19-20(30(18)10-9-26-23(32)33)16-8-7-15(11-17(16)28-21(19)24)34-13-14-5-3-2-4-6-14/h2-8,11,26H,9-10,12-13H2,1H3,(H2,24,28)(H,32,33)(H2,25,27,31). The van der Waals surface area contributed by atoms with E-state index in [-0.39, 0.29) is 24.9 Å². The minimum Gasteiger partial charge on any atom is -0.489 e. The molecule has 0 saturated heterocycles. The number of nitrogens with two attached hydrogens (primary N) is 1. The number of carbonyl (C=O) groups excluding carboxylic acids is 1. The number of amides is 3. The molecule has 0 spiro atoms. The molecule has 0 atom stereocenters. The van der Waals surface area contributed by atoms with Crippen molar-refractivity contribution in [3.05, 3.63) is 59.9 Å². The molecule has 0 aliphatic rings. The predicted octanol–water partition coefficient (Wildman–Crippen LogP) is 2.44. The molecule has 0 saturated carbocycles. The van der Waals surface area contributed by atoms with Crippen molar-refractivity contribution in [3.63, 3.8) is 0 Å². The van der Waals surface area contributed by atoms with Crippen molar-refractivity contribution < 1.29 is 19.4 Å². The second-order valence-electron chi connectivity index (χ2n) is 7.49. The second kappa shape index (κ2) is 9.94. The average Bonchev–Trinajstić information content (AvgIpc) is 3.20. The minimum atomic E-state index is -1.12. The van der Waals surface area contributed by atoms with Gasteiger partial charge in [-0.25, -0.2) is 19.6 Å². The van der Waals surface area contributed by atoms with Gasteiger partial charge in [0, 0.05) is 31.6 Å². The largest absolute Gasteiger partial charge is 0.489 e. The number of fused-ring (bicyclic) bond motifs is 3. The zero-order valence-corrected chi connectivity index (χ0v) is 18.5. The summed E-state index contributed by atoms with van der Waals surface area (Å²) in [4.78, 5) is 31.7. The molecule has 0 fully saturated rings. The highest BCUT2D eigenvalue weighted by Crippen LogP contribution is 2.31. The molecule has 2 aromatic heterocycles. The van der Waals surface area contributed by atoms with E-state index < -0.39 is 6.09 Å². The summed E-state index contributed by atoms with van der Waals surface area (Å²) in [5.74, 6) is 1.40. The first-order valence-electron chi connectivity index (χ1n) is 10.6. The van der Waals surface area contributed by atoms with Crippen LogP contribution < -0.4 is 26.4 Å². The van der Waals surface area contributed by atoms with Crippen LogP contribution in [0.4, 0.5) is 15.4 Å². The highest BCUT2D eigenvalue weighted by Gasteiger charge is 2.18. The molecule has 34 heavy (non-hydrogen) atoms. The van der Waals surface area contributed by atoms with E-state index in [4.69, 9.17) is 15.6 Å². The Balaban J connectivity index is 1.72. The fourth-order valence-corrected chi connectivity index (χ4v) is 3.67. The number of nitrogens with one attached hydrogen (secondary N) is 3. The third kappa shape index (κ3) is 4.93. The quantitative estimate of drug-likeness (QED) is 0.269. The number of carboxylic acid groups (broad SMARTS) is 1. The average molecular weight is 463 g/mol. The fourth-order valence-electron chi connectivity index (χ4n) is 3.67. The Morgan fingerprint density at radius 2 is 1.91 bits per heavy atom. The molecule has 2 heterocycles. The summed E-state index contributed by atoms with van der Waals surface area (Å²) in [6.45, 7) is 0.979. The van der Waals surface area contributed by atoms with Crippen molar-refractivity contribution in [2.75, 3.05) is 19.3 Å². The second-order valence-corrected chi connectivity index (χ2v) is 7.49. The molecular weight excluding hydrogens is 438 g/mol. The number of urea groups is 1. The maximum Gasteiger partial charge on any atom is 0.404 e. The van der Waals surface area contributed by atoms with Gasteiger partial charge in [-0.1, -0.05) is 30.3 Å². The Bertz CT molecular complexity index is 1340. The Hall–Kier alpha value is -4.54. The number of anilines is 1. The smallest absolute Gasteiger partial charge is 0.404 e. The van der Waals surface area contributed by atoms with Gasteiger partial charge in [-0.2, -0.15) is 0 Å². The number of rotatable bonds is 8. The van der Waals surface area contributed by atoms with Gasteiger partial charge in [0.25, 0.3) is 0 Å². The van der Waals surface area contributed by atoms with Crippen LogP contribution in [0.1, 0.15) is 11.4 Å². The van der Waals surface area contributed by atoms with Gasteiger partial charge in [0.05, 0.1) is 17.6 Å². The van der Waals surface area contributed by atoms with Crippen LogP contribution >= 0.6 is 0 Å². The van der Waals surface area contributed by atoms with E-state index >= 15 is 0 Å². The predicted molar refractivity (Wildman–Crippen MR) is 128 cm³/mol. The maximum absolute atomic E-state index is 11.7. The zero-order valence-electron chi connectivity index (χ0n) is 18.5. The Labute approximate surface area is 194 Å². The lowest BCUT2D eigenvalue weighted by Crippen LogP contribution is -2.33. The topological polar surface area (TPSA) is 156 Å². The van der Waals surface area contributed by atoms with Gasteiger partial charge in [-0.15, -0.1) is 0 Å². The van der Waals surface area contributed by atoms with Crippen molar-refractivity contribution in [2.24, 2.45) is 0 Å². The van der Waals surface area contributed by atoms with Crippen LogP contribution in [0, 0.1) is 0 Å². The van der Waals surface area contributed by atoms with Gasteiger partial charge >= 0.3 is 12.1 Å². The first kappa shape index (κ1) is 22.6. The molecule has 4 rings (SSSR count). The van der Waals surface area contributed by atoms with E-state index in [0.29, 0.717) is 41.3 Å². The maximum atomic E-state index is 11.7. The minimum absolute atomic E-state index is 0.126. The highest BCUT2D eigenvalue weighted by atomic mass is 16.5. The first-order valence-corrected chi connectivity index (χ1v) is 10.6. The number of hydrogen-bond acceptors (Lipinski definition) is 6. The van der Waals surface area contributed by atoms with Gasteiger partial charge in [-0.3, -0.25) is 0 Å². The van der Waals surface area contributed by atoms with Gasteiger partial charge < -0.3 is 36.1 Å². The summed E-state index contributed by atoms with van der Waals surface area (Å²) in [6.07, 6.45) is -1.12. The van der Waals surface area contributed by atoms with Crippen molar-refractivity contribution in [1.29, 1.82) is 0 Å². The van der Waals surface area contributed by atoms with Crippen LogP contribution in [-0.4, -0.2) is 45.4 Å². The summed E-state index contributed by atoms with van der Waals surface area (Å²) >= 11 is 0. The van der Waals surface area contributed by atoms with Crippen LogP contribution in [-0.2, 0) is 19.7 Å².